The van der Waals surface area contributed by atoms with Crippen molar-refractivity contribution in [2.24, 2.45) is 5.92 Å². The summed E-state index contributed by atoms with van der Waals surface area (Å²) in [6, 6.07) is 15.8. The molecule has 236 valence electrons. The van der Waals surface area contributed by atoms with Gasteiger partial charge in [0.15, 0.2) is 5.69 Å². The highest BCUT2D eigenvalue weighted by Crippen LogP contribution is 2.48. The number of nitrogens with zero attached hydrogens (tertiary/aromatic N) is 4. The molecular formula is C34H42F3N5O2. The minimum Gasteiger partial charge on any atom is -0.493 e. The van der Waals surface area contributed by atoms with E-state index in [1.807, 2.05) is 36.1 Å². The minimum absolute atomic E-state index is 0.0354. The number of alkyl halides is 3. The Bertz CT molecular complexity index is 1460. The number of anilines is 1. The van der Waals surface area contributed by atoms with Crippen LogP contribution >= 0.6 is 0 Å². The monoisotopic (exact) mass is 609 g/mol. The van der Waals surface area contributed by atoms with Crippen LogP contribution in [-0.4, -0.2) is 67.4 Å². The van der Waals surface area contributed by atoms with E-state index < -0.39 is 11.9 Å². The van der Waals surface area contributed by atoms with Gasteiger partial charge in [-0.05, 0) is 68.5 Å². The van der Waals surface area contributed by atoms with Crippen molar-refractivity contribution < 1.29 is 22.6 Å². The Morgan fingerprint density at radius 2 is 1.91 bits per heavy atom. The van der Waals surface area contributed by atoms with E-state index >= 15 is 0 Å². The Morgan fingerprint density at radius 1 is 1.07 bits per heavy atom. The molecule has 0 radical (unpaired) electrons. The molecule has 3 aliphatic rings. The average Bonchev–Trinajstić information content (AvgIpc) is 3.54. The van der Waals surface area contributed by atoms with Gasteiger partial charge in [-0.2, -0.15) is 13.2 Å². The average molecular weight is 610 g/mol. The molecule has 1 aromatic carbocycles. The zero-order chi connectivity index (χ0) is 30.9. The number of methoxy groups -OCH3 is 1. The van der Waals surface area contributed by atoms with Crippen LogP contribution in [0.3, 0.4) is 0 Å². The molecule has 7 nitrogen and oxygen atoms in total. The second-order valence-electron chi connectivity index (χ2n) is 12.3. The van der Waals surface area contributed by atoms with E-state index in [0.717, 1.165) is 68.1 Å². The van der Waals surface area contributed by atoms with E-state index in [1.54, 1.807) is 0 Å². The number of halogens is 3. The van der Waals surface area contributed by atoms with E-state index in [2.05, 4.69) is 34.3 Å². The second-order valence-corrected chi connectivity index (χ2v) is 12.3. The van der Waals surface area contributed by atoms with Crippen LogP contribution in [0.25, 0.3) is 11.3 Å². The van der Waals surface area contributed by atoms with Gasteiger partial charge in [0.2, 0.25) is 5.88 Å². The van der Waals surface area contributed by atoms with E-state index in [1.165, 1.54) is 31.2 Å². The highest BCUT2D eigenvalue weighted by atomic mass is 19.4. The molecule has 2 aromatic heterocycles. The molecule has 3 atom stereocenters. The third-order valence-corrected chi connectivity index (χ3v) is 9.70. The minimum atomic E-state index is -4.58. The van der Waals surface area contributed by atoms with Crippen molar-refractivity contribution in [2.45, 2.75) is 63.7 Å². The molecule has 44 heavy (non-hydrogen) atoms. The predicted molar refractivity (Wildman–Crippen MR) is 165 cm³/mol. The van der Waals surface area contributed by atoms with E-state index in [4.69, 9.17) is 14.5 Å². The maximum Gasteiger partial charge on any atom is 0.435 e. The highest BCUT2D eigenvalue weighted by molar-refractivity contribution is 5.68. The topological polar surface area (TPSA) is 62.8 Å². The number of pyridine rings is 2. The van der Waals surface area contributed by atoms with Gasteiger partial charge in [-0.3, -0.25) is 9.88 Å². The largest absolute Gasteiger partial charge is 0.493 e. The lowest BCUT2D eigenvalue weighted by Gasteiger charge is -2.53. The van der Waals surface area contributed by atoms with Crippen LogP contribution in [0.2, 0.25) is 0 Å². The zero-order valence-corrected chi connectivity index (χ0v) is 25.8. The first kappa shape index (κ1) is 30.6. The quantitative estimate of drug-likeness (QED) is 0.321. The molecule has 2 fully saturated rings. The van der Waals surface area contributed by atoms with Crippen LogP contribution in [0.4, 0.5) is 18.9 Å². The molecule has 0 bridgehead atoms. The fourth-order valence-electron chi connectivity index (χ4n) is 7.67. The number of benzene rings is 1. The Kier molecular flexibility index (Phi) is 8.75. The van der Waals surface area contributed by atoms with Gasteiger partial charge < -0.3 is 19.7 Å². The summed E-state index contributed by atoms with van der Waals surface area (Å²) in [5, 5.41) is 3.65. The number of para-hydroxylation sites is 1. The van der Waals surface area contributed by atoms with Gasteiger partial charge in [0.1, 0.15) is 5.75 Å². The second kappa shape index (κ2) is 12.6. The number of fused-ring (bicyclic) bond motifs is 2. The van der Waals surface area contributed by atoms with E-state index in [-0.39, 0.29) is 22.9 Å². The molecule has 3 aromatic rings. The molecule has 6 rings (SSSR count). The number of hydrogen-bond donors (Lipinski definition) is 1. The van der Waals surface area contributed by atoms with Gasteiger partial charge in [0.25, 0.3) is 0 Å². The first-order valence-corrected chi connectivity index (χ1v) is 15.8. The van der Waals surface area contributed by atoms with Crippen molar-refractivity contribution in [3.8, 4) is 22.9 Å². The maximum absolute atomic E-state index is 14.2. The van der Waals surface area contributed by atoms with Crippen LogP contribution in [0.1, 0.15) is 56.5 Å². The van der Waals surface area contributed by atoms with Gasteiger partial charge in [0.05, 0.1) is 30.8 Å². The van der Waals surface area contributed by atoms with E-state index in [9.17, 15) is 13.2 Å². The van der Waals surface area contributed by atoms with Gasteiger partial charge in [-0.25, -0.2) is 4.98 Å². The summed E-state index contributed by atoms with van der Waals surface area (Å²) in [6.07, 6.45) is -0.679. The molecule has 5 heterocycles. The number of rotatable bonds is 8. The number of nitrogens with one attached hydrogen (secondary N) is 1. The van der Waals surface area contributed by atoms with Crippen LogP contribution in [-0.2, 0) is 18.1 Å². The lowest BCUT2D eigenvalue weighted by molar-refractivity contribution is -0.140. The van der Waals surface area contributed by atoms with Crippen molar-refractivity contribution in [1.29, 1.82) is 0 Å². The van der Waals surface area contributed by atoms with Gasteiger partial charge in [-0.1, -0.05) is 31.5 Å². The maximum atomic E-state index is 14.2. The smallest absolute Gasteiger partial charge is 0.435 e. The van der Waals surface area contributed by atoms with Crippen LogP contribution in [0.15, 0.2) is 48.5 Å². The van der Waals surface area contributed by atoms with Crippen LogP contribution in [0.5, 0.6) is 11.6 Å². The standard InChI is InChI=1S/C34H42F3N5O2/c1-4-23-19-42(29-14-15-31(43-3)40-32(29)34(35,36)37)18-16-33(23)22-41(20-24-9-8-17-38-24)21-28-26(33)12-13-27(39-28)25-10-6-7-11-30(25)44-5-2/h6-7,10-15,23-24,38H,4-5,8-9,16-22H2,1-3H3/t23-,24-,33+/m1/s1. The Balaban J connectivity index is 1.38. The molecule has 10 heteroatoms. The van der Waals surface area contributed by atoms with Gasteiger partial charge >= 0.3 is 6.18 Å². The molecule has 2 saturated heterocycles. The highest BCUT2D eigenvalue weighted by Gasteiger charge is 2.49. The van der Waals surface area contributed by atoms with Crippen molar-refractivity contribution in [2.75, 3.05) is 51.3 Å². The first-order valence-electron chi connectivity index (χ1n) is 15.8. The fraction of sp³-hybridized carbons (Fsp3) is 0.529. The number of piperidine rings is 1. The predicted octanol–water partition coefficient (Wildman–Crippen LogP) is 6.31. The summed E-state index contributed by atoms with van der Waals surface area (Å²) in [6.45, 7) is 9.31. The van der Waals surface area contributed by atoms with Gasteiger partial charge in [0, 0.05) is 55.8 Å². The van der Waals surface area contributed by atoms with Crippen LogP contribution < -0.4 is 19.7 Å². The molecule has 0 saturated carbocycles. The fourth-order valence-corrected chi connectivity index (χ4v) is 7.67. The van der Waals surface area contributed by atoms with Crippen molar-refractivity contribution in [1.82, 2.24) is 20.2 Å². The van der Waals surface area contributed by atoms with Crippen molar-refractivity contribution >= 4 is 5.69 Å². The Hall–Kier alpha value is -3.37. The molecular weight excluding hydrogens is 567 g/mol. The summed E-state index contributed by atoms with van der Waals surface area (Å²) in [4.78, 5) is 13.5. The molecule has 3 aliphatic heterocycles. The third-order valence-electron chi connectivity index (χ3n) is 9.70. The van der Waals surface area contributed by atoms with E-state index in [0.29, 0.717) is 25.7 Å². The zero-order valence-electron chi connectivity index (χ0n) is 25.8. The lowest BCUT2D eigenvalue weighted by Crippen LogP contribution is -2.58. The summed E-state index contributed by atoms with van der Waals surface area (Å²) in [5.74, 6) is 0.904. The normalized spacial score (nSPS) is 24.0. The van der Waals surface area contributed by atoms with Crippen molar-refractivity contribution in [3.63, 3.8) is 0 Å². The Morgan fingerprint density at radius 3 is 2.64 bits per heavy atom. The molecule has 0 amide bonds. The summed E-state index contributed by atoms with van der Waals surface area (Å²) in [7, 11) is 1.34. The SMILES string of the molecule is CCOc1ccccc1-c1ccc2c(n1)CN(C[C@H]1CCCN1)C[C@]21CCN(c2ccc(OC)nc2C(F)(F)F)C[C@H]1CC. The molecule has 0 aliphatic carbocycles. The lowest BCUT2D eigenvalue weighted by atomic mass is 9.62. The summed E-state index contributed by atoms with van der Waals surface area (Å²) in [5.41, 5.74) is 3.16. The molecule has 1 spiro atoms. The van der Waals surface area contributed by atoms with Gasteiger partial charge in [-0.15, -0.1) is 0 Å². The first-order chi connectivity index (χ1) is 21.3. The number of aromatic nitrogens is 2. The Labute approximate surface area is 257 Å². The van der Waals surface area contributed by atoms with Crippen molar-refractivity contribution in [3.05, 3.63) is 65.5 Å². The number of hydrogen-bond acceptors (Lipinski definition) is 7. The summed E-state index contributed by atoms with van der Waals surface area (Å²) < 4.78 is 53.5. The molecule has 0 unspecified atom stereocenters. The number of ether oxygens (including phenoxy) is 2. The molecule has 1 N–H and O–H groups in total. The van der Waals surface area contributed by atoms with Crippen LogP contribution in [0, 0.1) is 5.92 Å². The summed E-state index contributed by atoms with van der Waals surface area (Å²) >= 11 is 0. The third kappa shape index (κ3) is 5.86.